The van der Waals surface area contributed by atoms with Crippen LogP contribution >= 0.6 is 28.6 Å². The van der Waals surface area contributed by atoms with E-state index in [0.717, 1.165) is 35.4 Å². The molecule has 1 N–H and O–H groups in total. The van der Waals surface area contributed by atoms with Crippen molar-refractivity contribution in [2.45, 2.75) is 6.42 Å². The van der Waals surface area contributed by atoms with Crippen LogP contribution in [0.25, 0.3) is 16.5 Å². The van der Waals surface area contributed by atoms with Crippen LogP contribution in [0.15, 0.2) is 30.5 Å². The number of rotatable bonds is 1. The zero-order chi connectivity index (χ0) is 11.8. The molecule has 1 aliphatic rings. The number of aromatic amines is 1. The summed E-state index contributed by atoms with van der Waals surface area (Å²) >= 11 is 6.29. The number of H-pyrrole nitrogens is 1. The van der Waals surface area contributed by atoms with E-state index in [1.807, 2.05) is 12.1 Å². The number of nitrogens with one attached hydrogen (secondary N) is 1. The molecular formula is C14H16BrClN2. The molecule has 0 spiro atoms. The molecule has 0 saturated heterocycles. The van der Waals surface area contributed by atoms with E-state index in [1.165, 1.54) is 11.1 Å². The second kappa shape index (κ2) is 5.47. The number of aromatic nitrogens is 1. The predicted molar refractivity (Wildman–Crippen MR) is 83.7 cm³/mol. The maximum Gasteiger partial charge on any atom is 0.0505 e. The van der Waals surface area contributed by atoms with E-state index in [-0.39, 0.29) is 17.0 Å². The van der Waals surface area contributed by atoms with Crippen LogP contribution in [-0.4, -0.2) is 30.0 Å². The van der Waals surface area contributed by atoms with Gasteiger partial charge in [0.05, 0.1) is 5.02 Å². The predicted octanol–water partition coefficient (Wildman–Crippen LogP) is 4.12. The highest BCUT2D eigenvalue weighted by Gasteiger charge is 2.14. The molecule has 4 heteroatoms. The summed E-state index contributed by atoms with van der Waals surface area (Å²) in [6.07, 6.45) is 5.47. The van der Waals surface area contributed by atoms with Gasteiger partial charge in [0.1, 0.15) is 0 Å². The van der Waals surface area contributed by atoms with Gasteiger partial charge in [-0.25, -0.2) is 0 Å². The summed E-state index contributed by atoms with van der Waals surface area (Å²) in [6, 6.07) is 6.00. The van der Waals surface area contributed by atoms with Crippen LogP contribution in [0.4, 0.5) is 0 Å². The normalized spacial score (nSPS) is 16.4. The number of hydrogen-bond donors (Lipinski definition) is 1. The van der Waals surface area contributed by atoms with Gasteiger partial charge in [0.2, 0.25) is 0 Å². The number of halogens is 2. The zero-order valence-electron chi connectivity index (χ0n) is 10.2. The van der Waals surface area contributed by atoms with E-state index in [1.54, 1.807) is 0 Å². The Morgan fingerprint density at radius 1 is 1.33 bits per heavy atom. The van der Waals surface area contributed by atoms with Crippen molar-refractivity contribution in [1.82, 2.24) is 9.88 Å². The van der Waals surface area contributed by atoms with Crippen molar-refractivity contribution in [2.75, 3.05) is 20.1 Å². The molecule has 0 bridgehead atoms. The number of hydrogen-bond acceptors (Lipinski definition) is 1. The molecule has 0 fully saturated rings. The summed E-state index contributed by atoms with van der Waals surface area (Å²) in [5.74, 6) is 0. The molecule has 1 aliphatic heterocycles. The molecule has 0 radical (unpaired) electrons. The lowest BCUT2D eigenvalue weighted by Gasteiger charge is -2.21. The Hall–Kier alpha value is -0.770. The molecule has 1 aromatic carbocycles. The van der Waals surface area contributed by atoms with Crippen molar-refractivity contribution in [3.8, 4) is 0 Å². The Balaban J connectivity index is 0.00000120. The first-order valence-electron chi connectivity index (χ1n) is 5.89. The summed E-state index contributed by atoms with van der Waals surface area (Å²) < 4.78 is 0. The minimum Gasteiger partial charge on any atom is -0.361 e. The summed E-state index contributed by atoms with van der Waals surface area (Å²) in [7, 11) is 2.15. The lowest BCUT2D eigenvalue weighted by atomic mass is 9.99. The van der Waals surface area contributed by atoms with Crippen LogP contribution in [0, 0.1) is 0 Å². The average Bonchev–Trinajstić information content (AvgIpc) is 2.75. The maximum atomic E-state index is 6.29. The summed E-state index contributed by atoms with van der Waals surface area (Å²) in [5, 5.41) is 1.99. The highest BCUT2D eigenvalue weighted by Crippen LogP contribution is 2.33. The SMILES string of the molecule is Br.CN1CC=C(c2c[nH]c3cccc(Cl)c23)CC1. The molecule has 3 rings (SSSR count). The van der Waals surface area contributed by atoms with Gasteiger partial charge >= 0.3 is 0 Å². The summed E-state index contributed by atoms with van der Waals surface area (Å²) in [4.78, 5) is 5.62. The third kappa shape index (κ3) is 2.35. The molecule has 1 aromatic heterocycles. The fraction of sp³-hybridized carbons (Fsp3) is 0.286. The van der Waals surface area contributed by atoms with Gasteiger partial charge < -0.3 is 9.88 Å². The van der Waals surface area contributed by atoms with Crippen LogP contribution in [0.2, 0.25) is 5.02 Å². The Kier molecular flexibility index (Phi) is 4.15. The Morgan fingerprint density at radius 2 is 2.17 bits per heavy atom. The fourth-order valence-electron chi connectivity index (χ4n) is 2.41. The van der Waals surface area contributed by atoms with Crippen LogP contribution < -0.4 is 0 Å². The lowest BCUT2D eigenvalue weighted by Crippen LogP contribution is -2.23. The second-order valence-corrected chi connectivity index (χ2v) is 5.01. The molecule has 18 heavy (non-hydrogen) atoms. The van der Waals surface area contributed by atoms with Gasteiger partial charge in [-0.3, -0.25) is 0 Å². The minimum atomic E-state index is 0. The van der Waals surface area contributed by atoms with E-state index in [9.17, 15) is 0 Å². The Morgan fingerprint density at radius 3 is 2.89 bits per heavy atom. The molecule has 0 atom stereocenters. The lowest BCUT2D eigenvalue weighted by molar-refractivity contribution is 0.370. The van der Waals surface area contributed by atoms with Crippen LogP contribution in [0.5, 0.6) is 0 Å². The smallest absolute Gasteiger partial charge is 0.0505 e. The van der Waals surface area contributed by atoms with E-state index < -0.39 is 0 Å². The van der Waals surface area contributed by atoms with E-state index in [2.05, 4.69) is 35.3 Å². The first-order valence-corrected chi connectivity index (χ1v) is 6.27. The number of likely N-dealkylation sites (N-methyl/N-ethyl adjacent to an activating group) is 1. The van der Waals surface area contributed by atoms with E-state index in [0.29, 0.717) is 0 Å². The molecule has 0 saturated carbocycles. The van der Waals surface area contributed by atoms with Crippen LogP contribution in [0.3, 0.4) is 0 Å². The van der Waals surface area contributed by atoms with Crippen molar-refractivity contribution >= 4 is 45.1 Å². The van der Waals surface area contributed by atoms with Crippen molar-refractivity contribution < 1.29 is 0 Å². The number of fused-ring (bicyclic) bond motifs is 1. The van der Waals surface area contributed by atoms with Gasteiger partial charge in [0.25, 0.3) is 0 Å². The van der Waals surface area contributed by atoms with E-state index >= 15 is 0 Å². The topological polar surface area (TPSA) is 19.0 Å². The van der Waals surface area contributed by atoms with Gasteiger partial charge in [-0.1, -0.05) is 23.7 Å². The largest absolute Gasteiger partial charge is 0.361 e. The highest BCUT2D eigenvalue weighted by molar-refractivity contribution is 8.93. The molecule has 2 heterocycles. The molecule has 2 aromatic rings. The monoisotopic (exact) mass is 326 g/mol. The van der Waals surface area contributed by atoms with Crippen molar-refractivity contribution in [1.29, 1.82) is 0 Å². The summed E-state index contributed by atoms with van der Waals surface area (Å²) in [6.45, 7) is 2.13. The van der Waals surface area contributed by atoms with Gasteiger partial charge in [0.15, 0.2) is 0 Å². The standard InChI is InChI=1S/C14H15ClN2.BrH/c1-17-7-5-10(6-8-17)11-9-16-13-4-2-3-12(15)14(11)13;/h2-5,9,16H,6-8H2,1H3;1H. The third-order valence-corrected chi connectivity index (χ3v) is 3.73. The van der Waals surface area contributed by atoms with Crippen molar-refractivity contribution in [3.63, 3.8) is 0 Å². The zero-order valence-corrected chi connectivity index (χ0v) is 12.7. The second-order valence-electron chi connectivity index (χ2n) is 4.61. The van der Waals surface area contributed by atoms with Crippen LogP contribution in [-0.2, 0) is 0 Å². The first kappa shape index (κ1) is 13.7. The average molecular weight is 328 g/mol. The fourth-order valence-corrected chi connectivity index (χ4v) is 2.69. The number of nitrogens with zero attached hydrogens (tertiary/aromatic N) is 1. The van der Waals surface area contributed by atoms with Crippen molar-refractivity contribution in [2.24, 2.45) is 0 Å². The molecule has 0 aliphatic carbocycles. The molecule has 0 unspecified atom stereocenters. The molecule has 96 valence electrons. The van der Waals surface area contributed by atoms with Crippen molar-refractivity contribution in [3.05, 3.63) is 41.1 Å². The van der Waals surface area contributed by atoms with Gasteiger partial charge in [0, 0.05) is 35.8 Å². The minimum absolute atomic E-state index is 0. The van der Waals surface area contributed by atoms with Gasteiger partial charge in [-0.05, 0) is 31.2 Å². The molecule has 2 nitrogen and oxygen atoms in total. The van der Waals surface area contributed by atoms with Gasteiger partial charge in [-0.15, -0.1) is 17.0 Å². The van der Waals surface area contributed by atoms with Crippen LogP contribution in [0.1, 0.15) is 12.0 Å². The quantitative estimate of drug-likeness (QED) is 0.835. The third-order valence-electron chi connectivity index (χ3n) is 3.41. The summed E-state index contributed by atoms with van der Waals surface area (Å²) in [5.41, 5.74) is 3.79. The van der Waals surface area contributed by atoms with Gasteiger partial charge in [-0.2, -0.15) is 0 Å². The first-order chi connectivity index (χ1) is 8.25. The van der Waals surface area contributed by atoms with E-state index in [4.69, 9.17) is 11.6 Å². The molecular weight excluding hydrogens is 312 g/mol. The highest BCUT2D eigenvalue weighted by atomic mass is 79.9. The maximum absolute atomic E-state index is 6.29. The molecule has 0 amide bonds. The number of benzene rings is 1. The Bertz CT molecular complexity index is 588. The Labute approximate surface area is 122 Å².